The van der Waals surface area contributed by atoms with Gasteiger partial charge in [0.2, 0.25) is 0 Å². The van der Waals surface area contributed by atoms with Gasteiger partial charge in [-0.3, -0.25) is 9.36 Å². The lowest BCUT2D eigenvalue weighted by molar-refractivity contribution is -0.139. The van der Waals surface area contributed by atoms with Crippen LogP contribution in [0.2, 0.25) is 0 Å². The number of thiazole rings is 1. The number of nitrogens with zero attached hydrogens (tertiary/aromatic N) is 3. The van der Waals surface area contributed by atoms with Gasteiger partial charge in [-0.15, -0.1) is 0 Å². The van der Waals surface area contributed by atoms with Crippen molar-refractivity contribution in [2.45, 2.75) is 19.9 Å². The lowest BCUT2D eigenvalue weighted by atomic mass is 9.95. The Bertz CT molecular complexity index is 1420. The number of ether oxygens (including phenoxy) is 1. The van der Waals surface area contributed by atoms with Gasteiger partial charge in [-0.05, 0) is 55.3 Å². The molecule has 0 fully saturated rings. The van der Waals surface area contributed by atoms with Gasteiger partial charge in [0.1, 0.15) is 5.82 Å². The quantitative estimate of drug-likeness (QED) is 0.544. The summed E-state index contributed by atoms with van der Waals surface area (Å²) < 4.78 is 20.9. The minimum absolute atomic E-state index is 0.214. The number of carbonyl (C=O) groups is 1. The zero-order valence-corrected chi connectivity index (χ0v) is 19.6. The van der Waals surface area contributed by atoms with Gasteiger partial charge in [0.05, 0.1) is 28.5 Å². The summed E-state index contributed by atoms with van der Waals surface area (Å²) in [6.07, 6.45) is 1.64. The number of fused-ring (bicyclic) bond motifs is 1. The summed E-state index contributed by atoms with van der Waals surface area (Å²) in [5.41, 5.74) is 2.90. The van der Waals surface area contributed by atoms with Gasteiger partial charge in [-0.25, -0.2) is 14.2 Å². The maximum Gasteiger partial charge on any atom is 0.338 e. The highest BCUT2D eigenvalue weighted by Gasteiger charge is 2.33. The smallest absolute Gasteiger partial charge is 0.338 e. The first-order valence-electron chi connectivity index (χ1n) is 10.5. The number of hydrogen-bond acceptors (Lipinski definition) is 6. The number of halogens is 1. The van der Waals surface area contributed by atoms with E-state index in [1.807, 2.05) is 43.3 Å². The Morgan fingerprint density at radius 3 is 2.61 bits per heavy atom. The average molecular weight is 466 g/mol. The molecule has 4 rings (SSSR count). The molecule has 0 radical (unpaired) electrons. The van der Waals surface area contributed by atoms with Crippen molar-refractivity contribution in [2.24, 2.45) is 4.99 Å². The second-order valence-electron chi connectivity index (χ2n) is 7.84. The summed E-state index contributed by atoms with van der Waals surface area (Å²) in [5, 5.41) is 0. The lowest BCUT2D eigenvalue weighted by Gasteiger charge is -2.25. The highest BCUT2D eigenvalue weighted by Crippen LogP contribution is 2.31. The van der Waals surface area contributed by atoms with Crippen molar-refractivity contribution in [3.8, 4) is 0 Å². The number of aromatic nitrogens is 1. The molecule has 0 amide bonds. The number of rotatable bonds is 5. The number of allylic oxidation sites excluding steroid dienone is 1. The first kappa shape index (κ1) is 22.7. The highest BCUT2D eigenvalue weighted by atomic mass is 32.1. The summed E-state index contributed by atoms with van der Waals surface area (Å²) in [7, 11) is 3.89. The van der Waals surface area contributed by atoms with Gasteiger partial charge in [-0.1, -0.05) is 35.6 Å². The van der Waals surface area contributed by atoms with Crippen molar-refractivity contribution in [1.29, 1.82) is 0 Å². The maximum absolute atomic E-state index is 13.7. The van der Waals surface area contributed by atoms with Crippen LogP contribution in [0.15, 0.2) is 69.6 Å². The van der Waals surface area contributed by atoms with Crippen LogP contribution in [-0.2, 0) is 9.53 Å². The molecule has 1 aliphatic rings. The van der Waals surface area contributed by atoms with Crippen LogP contribution >= 0.6 is 11.3 Å². The molecule has 0 saturated heterocycles. The predicted molar refractivity (Wildman–Crippen MR) is 128 cm³/mol. The number of esters is 1. The maximum atomic E-state index is 13.7. The van der Waals surface area contributed by atoms with Crippen molar-refractivity contribution >= 4 is 29.1 Å². The van der Waals surface area contributed by atoms with E-state index in [0.29, 0.717) is 26.2 Å². The highest BCUT2D eigenvalue weighted by molar-refractivity contribution is 7.07. The van der Waals surface area contributed by atoms with Crippen LogP contribution in [0.5, 0.6) is 0 Å². The zero-order chi connectivity index (χ0) is 23.7. The standard InChI is InChI=1S/C25H24FN3O3S/c1-5-32-24(31)21-15(2)27-25-29(22(21)17-9-11-19(12-10-17)28(3)4)23(30)20(33-25)14-16-7-6-8-18(26)13-16/h6-14,22H,5H2,1-4H3/b20-14+. The van der Waals surface area contributed by atoms with Crippen LogP contribution in [-0.4, -0.2) is 31.2 Å². The summed E-state index contributed by atoms with van der Waals surface area (Å²) >= 11 is 1.21. The fraction of sp³-hybridized carbons (Fsp3) is 0.240. The van der Waals surface area contributed by atoms with E-state index in [0.717, 1.165) is 11.3 Å². The van der Waals surface area contributed by atoms with E-state index in [-0.39, 0.29) is 18.0 Å². The van der Waals surface area contributed by atoms with Gasteiger partial charge in [0.25, 0.3) is 5.56 Å². The van der Waals surface area contributed by atoms with Crippen molar-refractivity contribution in [2.75, 3.05) is 25.6 Å². The Morgan fingerprint density at radius 1 is 1.24 bits per heavy atom. The molecule has 170 valence electrons. The monoisotopic (exact) mass is 465 g/mol. The minimum Gasteiger partial charge on any atom is -0.463 e. The Kier molecular flexibility index (Phi) is 6.29. The fourth-order valence-corrected chi connectivity index (χ4v) is 4.86. The molecule has 1 aromatic heterocycles. The summed E-state index contributed by atoms with van der Waals surface area (Å²) in [5.74, 6) is -0.879. The van der Waals surface area contributed by atoms with Crippen molar-refractivity contribution in [1.82, 2.24) is 4.57 Å². The molecular weight excluding hydrogens is 441 g/mol. The van der Waals surface area contributed by atoms with Gasteiger partial charge in [-0.2, -0.15) is 0 Å². The molecule has 0 spiro atoms. The Labute approximate surface area is 194 Å². The second-order valence-corrected chi connectivity index (χ2v) is 8.85. The molecule has 8 heteroatoms. The third-order valence-corrected chi connectivity index (χ3v) is 6.37. The first-order chi connectivity index (χ1) is 15.8. The summed E-state index contributed by atoms with van der Waals surface area (Å²) in [4.78, 5) is 33.4. The molecule has 3 aromatic rings. The van der Waals surface area contributed by atoms with Gasteiger partial charge < -0.3 is 9.64 Å². The molecule has 1 atom stereocenters. The lowest BCUT2D eigenvalue weighted by Crippen LogP contribution is -2.39. The average Bonchev–Trinajstić information content (AvgIpc) is 3.07. The third kappa shape index (κ3) is 4.39. The van der Waals surface area contributed by atoms with Crippen LogP contribution in [0.1, 0.15) is 31.0 Å². The number of benzene rings is 2. The number of carbonyl (C=O) groups excluding carboxylic acids is 1. The van der Waals surface area contributed by atoms with Crippen LogP contribution in [0, 0.1) is 5.82 Å². The zero-order valence-electron chi connectivity index (χ0n) is 18.8. The Morgan fingerprint density at radius 2 is 1.97 bits per heavy atom. The Hall–Kier alpha value is -3.52. The molecule has 6 nitrogen and oxygen atoms in total. The molecular formula is C25H24FN3O3S. The molecule has 0 bridgehead atoms. The largest absolute Gasteiger partial charge is 0.463 e. The van der Waals surface area contributed by atoms with Gasteiger partial charge in [0, 0.05) is 19.8 Å². The van der Waals surface area contributed by atoms with Crippen LogP contribution in [0.3, 0.4) is 0 Å². The van der Waals surface area contributed by atoms with Gasteiger partial charge in [0.15, 0.2) is 4.80 Å². The van der Waals surface area contributed by atoms with Crippen molar-refractivity contribution in [3.05, 3.63) is 96.4 Å². The third-order valence-electron chi connectivity index (χ3n) is 5.39. The van der Waals surface area contributed by atoms with E-state index >= 15 is 0 Å². The molecule has 0 aliphatic carbocycles. The van der Waals surface area contributed by atoms with Crippen LogP contribution in [0.25, 0.3) is 6.08 Å². The van der Waals surface area contributed by atoms with Crippen molar-refractivity contribution in [3.63, 3.8) is 0 Å². The topological polar surface area (TPSA) is 63.9 Å². The van der Waals surface area contributed by atoms with E-state index in [9.17, 15) is 14.0 Å². The van der Waals surface area contributed by atoms with Crippen LogP contribution in [0.4, 0.5) is 10.1 Å². The Balaban J connectivity index is 1.94. The fourth-order valence-electron chi connectivity index (χ4n) is 3.81. The number of hydrogen-bond donors (Lipinski definition) is 0. The molecule has 1 unspecified atom stereocenters. The van der Waals surface area contributed by atoms with E-state index < -0.39 is 12.0 Å². The second kappa shape index (κ2) is 9.15. The molecule has 0 N–H and O–H groups in total. The van der Waals surface area contributed by atoms with E-state index in [2.05, 4.69) is 4.99 Å². The molecule has 1 aliphatic heterocycles. The minimum atomic E-state index is -0.675. The summed E-state index contributed by atoms with van der Waals surface area (Å²) in [6.45, 7) is 3.70. The molecule has 33 heavy (non-hydrogen) atoms. The SMILES string of the molecule is CCOC(=O)C1=C(C)N=c2s/c(=C/c3cccc(F)c3)c(=O)n2C1c1ccc(N(C)C)cc1. The molecule has 2 heterocycles. The van der Waals surface area contributed by atoms with Gasteiger partial charge >= 0.3 is 5.97 Å². The molecule has 0 saturated carbocycles. The van der Waals surface area contributed by atoms with E-state index in [4.69, 9.17) is 4.74 Å². The number of anilines is 1. The van der Waals surface area contributed by atoms with Crippen LogP contribution < -0.4 is 19.8 Å². The molecule has 2 aromatic carbocycles. The summed E-state index contributed by atoms with van der Waals surface area (Å²) in [6, 6.07) is 13.1. The van der Waals surface area contributed by atoms with E-state index in [1.54, 1.807) is 32.1 Å². The van der Waals surface area contributed by atoms with Crippen molar-refractivity contribution < 1.29 is 13.9 Å². The van der Waals surface area contributed by atoms with E-state index in [1.165, 1.54) is 28.0 Å². The normalized spacial score (nSPS) is 15.8. The predicted octanol–water partition coefficient (Wildman–Crippen LogP) is 3.00. The first-order valence-corrected chi connectivity index (χ1v) is 11.3.